The van der Waals surface area contributed by atoms with Gasteiger partial charge >= 0.3 is 43.4 Å². The molecular formula is O4PTi2+5. The normalized spacial score (nSPS) is 8.43. The Hall–Kier alpha value is 1.54. The predicted octanol–water partition coefficient (Wildman–Crippen LogP) is -2.83. The van der Waals surface area contributed by atoms with Crippen LogP contribution in [-0.4, -0.2) is 0 Å². The van der Waals surface area contributed by atoms with Gasteiger partial charge in [0.1, 0.15) is 0 Å². The summed E-state index contributed by atoms with van der Waals surface area (Å²) in [5.41, 5.74) is 0. The summed E-state index contributed by atoms with van der Waals surface area (Å²) < 4.78 is 8.55. The van der Waals surface area contributed by atoms with Crippen molar-refractivity contribution in [2.45, 2.75) is 0 Å². The smallest absolute Gasteiger partial charge is 0.822 e. The van der Waals surface area contributed by atoms with Crippen molar-refractivity contribution in [1.82, 2.24) is 0 Å². The maximum Gasteiger partial charge on any atom is 4.00 e. The topological polar surface area (TPSA) is 86.2 Å². The number of phosphoric acid groups is 1. The summed E-state index contributed by atoms with van der Waals surface area (Å²) >= 11 is 0. The van der Waals surface area contributed by atoms with Crippen LogP contribution in [0.15, 0.2) is 0 Å². The summed E-state index contributed by atoms with van der Waals surface area (Å²) in [7, 11) is -5.39. The second-order valence-electron chi connectivity index (χ2n) is 0.447. The van der Waals surface area contributed by atoms with Gasteiger partial charge in [0.2, 0.25) is 0 Å². The molecule has 32 valence electrons. The summed E-state index contributed by atoms with van der Waals surface area (Å²) in [6.07, 6.45) is 0. The molecule has 0 rings (SSSR count). The van der Waals surface area contributed by atoms with Crippen molar-refractivity contribution < 1.29 is 62.7 Å². The summed E-state index contributed by atoms with van der Waals surface area (Å²) in [6, 6.07) is 0. The van der Waals surface area contributed by atoms with Crippen LogP contribution in [0.1, 0.15) is 0 Å². The van der Waals surface area contributed by atoms with E-state index in [1.807, 2.05) is 0 Å². The summed E-state index contributed by atoms with van der Waals surface area (Å²) in [4.78, 5) is 25.6. The third kappa shape index (κ3) is 97.7. The minimum Gasteiger partial charge on any atom is -0.822 e. The van der Waals surface area contributed by atoms with Crippen LogP contribution in [0, 0.1) is 0 Å². The third-order valence-electron chi connectivity index (χ3n) is 0. The maximum absolute atomic E-state index is 8.55. The Morgan fingerprint density at radius 3 is 1.00 bits per heavy atom. The van der Waals surface area contributed by atoms with Crippen molar-refractivity contribution in [2.24, 2.45) is 0 Å². The molecule has 0 radical (unpaired) electrons. The first-order valence-electron chi connectivity index (χ1n) is 0.730. The van der Waals surface area contributed by atoms with Crippen molar-refractivity contribution in [3.8, 4) is 0 Å². The van der Waals surface area contributed by atoms with Crippen molar-refractivity contribution in [2.75, 3.05) is 0 Å². The van der Waals surface area contributed by atoms with Gasteiger partial charge in [-0.2, -0.15) is 7.82 Å². The van der Waals surface area contributed by atoms with Crippen LogP contribution >= 0.6 is 7.82 Å². The Morgan fingerprint density at radius 1 is 1.00 bits per heavy atom. The molecule has 0 aliphatic rings. The van der Waals surface area contributed by atoms with Crippen molar-refractivity contribution in [3.63, 3.8) is 0 Å². The second-order valence-corrected chi connectivity index (χ2v) is 1.34. The SMILES string of the molecule is O=P([O-])([O-])[O-].[Ti+4].[Ti+4]. The van der Waals surface area contributed by atoms with Gasteiger partial charge in [-0.1, -0.05) is 0 Å². The molecule has 7 heteroatoms. The Morgan fingerprint density at radius 2 is 1.00 bits per heavy atom. The van der Waals surface area contributed by atoms with E-state index in [0.717, 1.165) is 0 Å². The number of rotatable bonds is 0. The zero-order valence-corrected chi connectivity index (χ0v) is 7.10. The van der Waals surface area contributed by atoms with Crippen LogP contribution < -0.4 is 14.7 Å². The molecule has 0 aliphatic heterocycles. The average Bonchev–Trinajstić information content (AvgIpc) is 0.722. The summed E-state index contributed by atoms with van der Waals surface area (Å²) in [6.45, 7) is 0. The van der Waals surface area contributed by atoms with Gasteiger partial charge in [-0.05, 0) is 0 Å². The van der Waals surface area contributed by atoms with E-state index in [4.69, 9.17) is 19.2 Å². The largest absolute Gasteiger partial charge is 4.00 e. The molecule has 0 aromatic heterocycles. The molecule has 0 unspecified atom stereocenters. The molecule has 0 N–H and O–H groups in total. The zero-order valence-electron chi connectivity index (χ0n) is 3.08. The van der Waals surface area contributed by atoms with Gasteiger partial charge in [0.15, 0.2) is 0 Å². The molecular weight excluding hydrogens is 191 g/mol. The standard InChI is InChI=1S/H3O4P.2Ti/c1-5(2,3)4;;/h(H3,1,2,3,4);;/q;2*+4/p-3. The Labute approximate surface area is 70.3 Å². The van der Waals surface area contributed by atoms with Crippen LogP contribution in [0.5, 0.6) is 0 Å². The van der Waals surface area contributed by atoms with Crippen LogP contribution in [0.2, 0.25) is 0 Å². The Kier molecular flexibility index (Phi) is 12.8. The molecule has 0 saturated carbocycles. The molecule has 0 amide bonds. The van der Waals surface area contributed by atoms with E-state index in [1.165, 1.54) is 0 Å². The van der Waals surface area contributed by atoms with Gasteiger partial charge in [0, 0.05) is 0 Å². The fraction of sp³-hybridized carbons (Fsp3) is 0. The Bertz CT molecular complexity index is 55.8. The molecule has 0 aromatic rings. The molecule has 0 atom stereocenters. The van der Waals surface area contributed by atoms with Crippen molar-refractivity contribution >= 4 is 7.82 Å². The van der Waals surface area contributed by atoms with Crippen LogP contribution in [0.3, 0.4) is 0 Å². The van der Waals surface area contributed by atoms with Gasteiger partial charge in [-0.15, -0.1) is 0 Å². The van der Waals surface area contributed by atoms with E-state index < -0.39 is 7.82 Å². The minimum absolute atomic E-state index is 0. The van der Waals surface area contributed by atoms with E-state index in [1.54, 1.807) is 0 Å². The van der Waals surface area contributed by atoms with Gasteiger partial charge in [-0.25, -0.2) is 0 Å². The number of hydrogen-bond donors (Lipinski definition) is 0. The second kappa shape index (κ2) is 5.67. The van der Waals surface area contributed by atoms with Crippen molar-refractivity contribution in [1.29, 1.82) is 0 Å². The first kappa shape index (κ1) is 15.8. The fourth-order valence-corrected chi connectivity index (χ4v) is 0. The maximum atomic E-state index is 8.55. The van der Waals surface area contributed by atoms with E-state index >= 15 is 0 Å². The molecule has 7 heavy (non-hydrogen) atoms. The van der Waals surface area contributed by atoms with Crippen LogP contribution in [-0.2, 0) is 48.0 Å². The van der Waals surface area contributed by atoms with Gasteiger partial charge in [0.25, 0.3) is 0 Å². The monoisotopic (exact) mass is 191 g/mol. The third-order valence-corrected chi connectivity index (χ3v) is 0. The van der Waals surface area contributed by atoms with E-state index in [0.29, 0.717) is 0 Å². The zero-order chi connectivity index (χ0) is 4.50. The summed E-state index contributed by atoms with van der Waals surface area (Å²) in [5.74, 6) is 0. The predicted molar refractivity (Wildman–Crippen MR) is 7.61 cm³/mol. The minimum atomic E-state index is -5.39. The Balaban J connectivity index is -0.0000000800. The quantitative estimate of drug-likeness (QED) is 0.305. The number of hydrogen-bond acceptors (Lipinski definition) is 4. The molecule has 0 spiro atoms. The van der Waals surface area contributed by atoms with Gasteiger partial charge in [-0.3, -0.25) is 0 Å². The van der Waals surface area contributed by atoms with Gasteiger partial charge < -0.3 is 19.2 Å². The van der Waals surface area contributed by atoms with E-state index in [-0.39, 0.29) is 43.4 Å². The molecule has 4 nitrogen and oxygen atoms in total. The van der Waals surface area contributed by atoms with Crippen LogP contribution in [0.4, 0.5) is 0 Å². The molecule has 0 saturated heterocycles. The van der Waals surface area contributed by atoms with E-state index in [9.17, 15) is 0 Å². The van der Waals surface area contributed by atoms with E-state index in [2.05, 4.69) is 0 Å². The molecule has 0 fully saturated rings. The molecule has 0 aliphatic carbocycles. The first-order valence-corrected chi connectivity index (χ1v) is 2.19. The molecule has 0 aromatic carbocycles. The first-order chi connectivity index (χ1) is 2.00. The summed E-state index contributed by atoms with van der Waals surface area (Å²) in [5, 5.41) is 0. The molecule has 0 bridgehead atoms. The van der Waals surface area contributed by atoms with Crippen molar-refractivity contribution in [3.05, 3.63) is 0 Å². The van der Waals surface area contributed by atoms with Crippen LogP contribution in [0.25, 0.3) is 0 Å². The van der Waals surface area contributed by atoms with Gasteiger partial charge in [0.05, 0.1) is 0 Å². The fourth-order valence-electron chi connectivity index (χ4n) is 0. The molecule has 0 heterocycles. The average molecular weight is 191 g/mol.